The van der Waals surface area contributed by atoms with Gasteiger partial charge in [0.2, 0.25) is 0 Å². The number of benzene rings is 2. The van der Waals surface area contributed by atoms with Crippen LogP contribution < -0.4 is 0 Å². The molecule has 0 fully saturated rings. The number of hydrogen-bond acceptors (Lipinski definition) is 5. The van der Waals surface area contributed by atoms with Crippen molar-refractivity contribution in [2.45, 2.75) is 32.6 Å². The maximum Gasteiger partial charge on any atom is 0.184 e. The normalized spacial score (nSPS) is 18.7. The maximum atomic E-state index is 12.7. The van der Waals surface area contributed by atoms with Gasteiger partial charge in [0.1, 0.15) is 12.6 Å². The molecule has 4 rings (SSSR count). The molecule has 0 amide bonds. The lowest BCUT2D eigenvalue weighted by molar-refractivity contribution is 0.0940. The Hall–Kier alpha value is -2.76. The van der Waals surface area contributed by atoms with E-state index in [4.69, 9.17) is 4.74 Å². The third kappa shape index (κ3) is 5.00. The number of hydrogen-bond donors (Lipinski definition) is 0. The van der Waals surface area contributed by atoms with Crippen LogP contribution in [-0.4, -0.2) is 47.6 Å². The number of ether oxygens (including phenoxy) is 1. The molecule has 2 aromatic carbocycles. The van der Waals surface area contributed by atoms with E-state index in [1.54, 1.807) is 11.2 Å². The summed E-state index contributed by atoms with van der Waals surface area (Å²) in [6.07, 6.45) is 6.37. The minimum Gasteiger partial charge on any atom is -0.364 e. The van der Waals surface area contributed by atoms with Crippen molar-refractivity contribution in [1.29, 1.82) is 0 Å². The van der Waals surface area contributed by atoms with Crippen molar-refractivity contribution in [2.24, 2.45) is 5.10 Å². The van der Waals surface area contributed by atoms with Crippen LogP contribution in [-0.2, 0) is 24.3 Å². The molecule has 2 aliphatic rings. The van der Waals surface area contributed by atoms with Crippen molar-refractivity contribution in [3.63, 3.8) is 0 Å². The fourth-order valence-corrected chi connectivity index (χ4v) is 3.68. The van der Waals surface area contributed by atoms with Crippen LogP contribution in [0, 0.1) is 0 Å². The summed E-state index contributed by atoms with van der Waals surface area (Å²) in [4.78, 5) is 15.2. The molecule has 0 saturated carbocycles. The number of hydrazone groups is 1. The number of ketones is 1. The van der Waals surface area contributed by atoms with Crippen LogP contribution in [0.3, 0.4) is 0 Å². The third-order valence-electron chi connectivity index (χ3n) is 5.47. The van der Waals surface area contributed by atoms with E-state index in [0.717, 1.165) is 37.2 Å². The summed E-state index contributed by atoms with van der Waals surface area (Å²) in [6, 6.07) is 16.2. The number of likely N-dealkylation sites (N-methyl/N-ethyl adjacent to an activating group) is 1. The molecule has 0 spiro atoms. The van der Waals surface area contributed by atoms with E-state index in [1.165, 1.54) is 11.1 Å². The number of nitrogens with zero attached hydrogens (tertiary/aromatic N) is 3. The molecule has 0 radical (unpaired) electrons. The summed E-state index contributed by atoms with van der Waals surface area (Å²) >= 11 is 0. The number of rotatable bonds is 7. The van der Waals surface area contributed by atoms with Gasteiger partial charge in [0.25, 0.3) is 0 Å². The molecule has 2 aliphatic heterocycles. The van der Waals surface area contributed by atoms with Crippen molar-refractivity contribution in [1.82, 2.24) is 9.91 Å². The number of carbonyl (C=O) groups excluding carboxylic acids is 1. The molecule has 5 nitrogen and oxygen atoms in total. The Morgan fingerprint density at radius 3 is 2.79 bits per heavy atom. The summed E-state index contributed by atoms with van der Waals surface area (Å²) in [6.45, 7) is 6.00. The Bertz CT molecular complexity index is 894. The van der Waals surface area contributed by atoms with E-state index >= 15 is 0 Å². The average molecular weight is 389 g/mol. The highest BCUT2D eigenvalue weighted by Gasteiger charge is 2.18. The smallest absolute Gasteiger partial charge is 0.184 e. The van der Waals surface area contributed by atoms with Gasteiger partial charge in [0, 0.05) is 24.9 Å². The third-order valence-corrected chi connectivity index (χ3v) is 5.47. The predicted molar refractivity (Wildman–Crippen MR) is 115 cm³/mol. The Balaban J connectivity index is 1.31. The van der Waals surface area contributed by atoms with Gasteiger partial charge in [-0.1, -0.05) is 49.4 Å². The lowest BCUT2D eigenvalue weighted by Gasteiger charge is -2.28. The minimum absolute atomic E-state index is 0.0758. The van der Waals surface area contributed by atoms with Gasteiger partial charge in [-0.05, 0) is 41.8 Å². The topological polar surface area (TPSA) is 45.1 Å². The molecule has 0 aromatic heterocycles. The molecule has 1 atom stereocenters. The molecule has 0 aliphatic carbocycles. The van der Waals surface area contributed by atoms with Gasteiger partial charge in [0.15, 0.2) is 5.78 Å². The first-order valence-electron chi connectivity index (χ1n) is 10.2. The van der Waals surface area contributed by atoms with Crippen LogP contribution >= 0.6 is 0 Å². The quantitative estimate of drug-likeness (QED) is 0.678. The zero-order chi connectivity index (χ0) is 20.1. The van der Waals surface area contributed by atoms with Crippen LogP contribution in [0.15, 0.2) is 65.9 Å². The number of carbonyl (C=O) groups is 1. The van der Waals surface area contributed by atoms with Gasteiger partial charge >= 0.3 is 0 Å². The molecule has 2 aromatic rings. The second-order valence-corrected chi connectivity index (χ2v) is 7.49. The lowest BCUT2D eigenvalue weighted by Crippen LogP contribution is -2.30. The fraction of sp³-hybridized carbons (Fsp3) is 0.333. The van der Waals surface area contributed by atoms with Gasteiger partial charge in [-0.2, -0.15) is 5.10 Å². The first-order chi connectivity index (χ1) is 14.2. The minimum atomic E-state index is -0.176. The first-order valence-corrected chi connectivity index (χ1v) is 10.2. The van der Waals surface area contributed by atoms with E-state index in [9.17, 15) is 4.79 Å². The van der Waals surface area contributed by atoms with E-state index in [1.807, 2.05) is 48.7 Å². The van der Waals surface area contributed by atoms with Crippen LogP contribution in [0.5, 0.6) is 0 Å². The summed E-state index contributed by atoms with van der Waals surface area (Å²) in [5, 5.41) is 6.04. The van der Waals surface area contributed by atoms with Gasteiger partial charge in [0.05, 0.1) is 12.8 Å². The summed E-state index contributed by atoms with van der Waals surface area (Å²) < 4.78 is 5.84. The van der Waals surface area contributed by atoms with Crippen LogP contribution in [0.1, 0.15) is 34.0 Å². The van der Waals surface area contributed by atoms with Crippen LogP contribution in [0.2, 0.25) is 0 Å². The molecule has 1 unspecified atom stereocenters. The van der Waals surface area contributed by atoms with Crippen molar-refractivity contribution >= 4 is 12.0 Å². The molecule has 150 valence electrons. The predicted octanol–water partition coefficient (Wildman–Crippen LogP) is 3.65. The van der Waals surface area contributed by atoms with Crippen molar-refractivity contribution in [2.75, 3.05) is 19.6 Å². The highest BCUT2D eigenvalue weighted by atomic mass is 16.5. The highest BCUT2D eigenvalue weighted by Crippen LogP contribution is 2.21. The molecule has 29 heavy (non-hydrogen) atoms. The Labute approximate surface area is 172 Å². The number of fused-ring (bicyclic) bond motifs is 1. The number of Topliss-reactive ketones (excluding diaryl/α,β-unsaturated/α-hetero) is 1. The second-order valence-electron chi connectivity index (χ2n) is 7.49. The van der Waals surface area contributed by atoms with Crippen LogP contribution in [0.25, 0.3) is 0 Å². The monoisotopic (exact) mass is 389 g/mol. The summed E-state index contributed by atoms with van der Waals surface area (Å²) in [5.74, 6) is 0.0758. The van der Waals surface area contributed by atoms with Gasteiger partial charge in [-0.3, -0.25) is 14.7 Å². The van der Waals surface area contributed by atoms with E-state index in [-0.39, 0.29) is 18.4 Å². The lowest BCUT2D eigenvalue weighted by atomic mass is 9.96. The zero-order valence-electron chi connectivity index (χ0n) is 16.8. The van der Waals surface area contributed by atoms with Gasteiger partial charge in [-0.15, -0.1) is 0 Å². The highest BCUT2D eigenvalue weighted by molar-refractivity contribution is 5.98. The van der Waals surface area contributed by atoms with Crippen molar-refractivity contribution < 1.29 is 9.53 Å². The molecule has 0 saturated heterocycles. The molecule has 2 heterocycles. The van der Waals surface area contributed by atoms with Gasteiger partial charge < -0.3 is 4.74 Å². The zero-order valence-corrected chi connectivity index (χ0v) is 16.8. The largest absolute Gasteiger partial charge is 0.364 e. The van der Waals surface area contributed by atoms with E-state index < -0.39 is 0 Å². The van der Waals surface area contributed by atoms with Crippen molar-refractivity contribution in [3.8, 4) is 0 Å². The standard InChI is InChI=1S/C24H27N3O2/c1-2-26-12-10-20-8-9-21(14-22(20)16-26)24(28)17-27-13-11-23(15-25-27)29-18-19-6-4-3-5-7-19/h3-9,11,13-15,23H,2,10,12,16-18H2,1H3. The SMILES string of the molecule is CCN1CCc2ccc(C(=O)CN3C=CC(OCc4ccccc4)C=N3)cc2C1. The molecule has 5 heteroatoms. The maximum absolute atomic E-state index is 12.7. The Kier molecular flexibility index (Phi) is 6.17. The first kappa shape index (κ1) is 19.6. The summed E-state index contributed by atoms with van der Waals surface area (Å²) in [7, 11) is 0. The van der Waals surface area contributed by atoms with E-state index in [0.29, 0.717) is 6.61 Å². The Morgan fingerprint density at radius 2 is 2.03 bits per heavy atom. The van der Waals surface area contributed by atoms with Crippen molar-refractivity contribution in [3.05, 3.63) is 83.1 Å². The average Bonchev–Trinajstić information content (AvgIpc) is 2.78. The fourth-order valence-electron chi connectivity index (χ4n) is 3.68. The Morgan fingerprint density at radius 1 is 1.17 bits per heavy atom. The molecule has 0 N–H and O–H groups in total. The van der Waals surface area contributed by atoms with E-state index in [2.05, 4.69) is 29.1 Å². The van der Waals surface area contributed by atoms with Gasteiger partial charge in [-0.25, -0.2) is 0 Å². The van der Waals surface area contributed by atoms with Crippen LogP contribution in [0.4, 0.5) is 0 Å². The summed E-state index contributed by atoms with van der Waals surface area (Å²) in [5.41, 5.74) is 4.52. The molecular weight excluding hydrogens is 362 g/mol. The molecular formula is C24H27N3O2. The molecule has 0 bridgehead atoms. The second kappa shape index (κ2) is 9.16.